The third-order valence-corrected chi connectivity index (χ3v) is 9.07. The molecule has 1 unspecified atom stereocenters. The van der Waals surface area contributed by atoms with Gasteiger partial charge in [0.25, 0.3) is 5.91 Å². The molecule has 1 aliphatic carbocycles. The Morgan fingerprint density at radius 2 is 1.67 bits per heavy atom. The molecule has 0 bridgehead atoms. The molecule has 8 nitrogen and oxygen atoms in total. The zero-order valence-corrected chi connectivity index (χ0v) is 33.0. The van der Waals surface area contributed by atoms with Crippen molar-refractivity contribution in [3.05, 3.63) is 106 Å². The summed E-state index contributed by atoms with van der Waals surface area (Å²) in [5, 5.41) is 11.0. The fourth-order valence-corrected chi connectivity index (χ4v) is 6.19. The fraction of sp³-hybridized carbons (Fsp3) is 0.429. The predicted molar refractivity (Wildman–Crippen MR) is 217 cm³/mol. The van der Waals surface area contributed by atoms with Gasteiger partial charge in [-0.05, 0) is 80.0 Å². The van der Waals surface area contributed by atoms with Crippen LogP contribution in [0.2, 0.25) is 0 Å². The molecule has 0 fully saturated rings. The lowest BCUT2D eigenvalue weighted by Gasteiger charge is -2.34. The van der Waals surface area contributed by atoms with Gasteiger partial charge >= 0.3 is 0 Å². The average molecular weight is 714 g/mol. The standard InChI is InChI=1S/C18H16N2O2.C16H19NOS.C3H10N2.C3H8.C2H6/c1-13-16(18(21)19-15-10-6-3-7-11-15)12-17(20-22-13)14-8-4-2-5-9-14;1-16(2,3)12-4-5-14-10(7-12)6-11-8-13(9-18)19-15(11)17-14;1-5-3-2-4;1-3-2;1-2/h2-11H,12H2,1H3,(H,19,21);6,8-9,12H,4-5,7H2,1-3H3;5H,2-4H2,1H3;3H2,1-2H3;1-2H3. The number of rotatable bonds is 6. The van der Waals surface area contributed by atoms with E-state index in [0.29, 0.717) is 23.2 Å². The summed E-state index contributed by atoms with van der Waals surface area (Å²) in [4.78, 5) is 35.2. The van der Waals surface area contributed by atoms with Gasteiger partial charge in [0.15, 0.2) is 6.29 Å². The summed E-state index contributed by atoms with van der Waals surface area (Å²) in [7, 11) is 1.88. The number of oxime groups is 1. The van der Waals surface area contributed by atoms with Crippen molar-refractivity contribution in [2.75, 3.05) is 25.5 Å². The number of aryl methyl sites for hydroxylation is 1. The number of carbonyl (C=O) groups is 2. The first kappa shape index (κ1) is 43.0. The summed E-state index contributed by atoms with van der Waals surface area (Å²) in [6.07, 6.45) is 6.04. The number of thiophene rings is 1. The number of nitrogens with two attached hydrogens (primary N) is 1. The summed E-state index contributed by atoms with van der Waals surface area (Å²) in [6.45, 7) is 18.6. The van der Waals surface area contributed by atoms with Gasteiger partial charge < -0.3 is 21.2 Å². The van der Waals surface area contributed by atoms with Gasteiger partial charge in [-0.3, -0.25) is 9.59 Å². The lowest BCUT2D eigenvalue weighted by Crippen LogP contribution is -2.27. The molecule has 1 amide bonds. The molecule has 0 saturated carbocycles. The molecule has 1 aliphatic heterocycles. The van der Waals surface area contributed by atoms with Crippen LogP contribution in [0.5, 0.6) is 0 Å². The number of amides is 1. The Kier molecular flexibility index (Phi) is 19.0. The predicted octanol–water partition coefficient (Wildman–Crippen LogP) is 9.59. The Bertz CT molecular complexity index is 1690. The number of pyridine rings is 1. The molecule has 4 aromatic rings. The number of likely N-dealkylation sites (N-methyl/N-ethyl adjacent to an activating group) is 1. The van der Waals surface area contributed by atoms with Crippen molar-refractivity contribution < 1.29 is 14.4 Å². The largest absolute Gasteiger partial charge is 0.361 e. The molecule has 2 aromatic heterocycles. The van der Waals surface area contributed by atoms with Crippen LogP contribution in [0.15, 0.2) is 89.3 Å². The number of allylic oxidation sites excluding steroid dienone is 1. The van der Waals surface area contributed by atoms with E-state index in [2.05, 4.69) is 56.5 Å². The second-order valence-corrected chi connectivity index (χ2v) is 14.2. The average Bonchev–Trinajstić information content (AvgIpc) is 3.55. The molecule has 2 aromatic carbocycles. The number of nitrogens with zero attached hydrogens (tertiary/aromatic N) is 2. The smallest absolute Gasteiger partial charge is 0.255 e. The summed E-state index contributed by atoms with van der Waals surface area (Å²) in [5.74, 6) is 1.10. The lowest BCUT2D eigenvalue weighted by atomic mass is 9.71. The van der Waals surface area contributed by atoms with Gasteiger partial charge in [0, 0.05) is 36.3 Å². The first-order valence-electron chi connectivity index (χ1n) is 18.1. The quantitative estimate of drug-likeness (QED) is 0.171. The van der Waals surface area contributed by atoms with Gasteiger partial charge in [0.2, 0.25) is 0 Å². The second-order valence-electron chi connectivity index (χ2n) is 13.2. The van der Waals surface area contributed by atoms with Crippen molar-refractivity contribution in [1.82, 2.24) is 10.3 Å². The highest BCUT2D eigenvalue weighted by molar-refractivity contribution is 7.20. The van der Waals surface area contributed by atoms with Crippen LogP contribution in [-0.4, -0.2) is 43.0 Å². The molecule has 51 heavy (non-hydrogen) atoms. The summed E-state index contributed by atoms with van der Waals surface area (Å²) >= 11 is 1.50. The van der Waals surface area contributed by atoms with E-state index in [4.69, 9.17) is 15.6 Å². The van der Waals surface area contributed by atoms with Crippen LogP contribution in [0.25, 0.3) is 10.2 Å². The van der Waals surface area contributed by atoms with Crippen LogP contribution >= 0.6 is 11.3 Å². The van der Waals surface area contributed by atoms with E-state index >= 15 is 0 Å². The van der Waals surface area contributed by atoms with E-state index < -0.39 is 0 Å². The van der Waals surface area contributed by atoms with Crippen molar-refractivity contribution in [2.45, 2.75) is 87.5 Å². The van der Waals surface area contributed by atoms with Crippen LogP contribution < -0.4 is 16.4 Å². The Balaban J connectivity index is 0.000000283. The van der Waals surface area contributed by atoms with Gasteiger partial charge in [-0.2, -0.15) is 0 Å². The normalized spacial score (nSPS) is 14.6. The number of benzene rings is 2. The topological polar surface area (TPSA) is 119 Å². The number of fused-ring (bicyclic) bond motifs is 2. The summed E-state index contributed by atoms with van der Waals surface area (Å²) < 4.78 is 0. The zero-order chi connectivity index (χ0) is 37.8. The van der Waals surface area contributed by atoms with Gasteiger partial charge in [0.05, 0.1) is 16.2 Å². The first-order chi connectivity index (χ1) is 24.5. The number of aldehydes is 1. The maximum absolute atomic E-state index is 12.5. The number of nitrogens with one attached hydrogen (secondary N) is 2. The maximum atomic E-state index is 12.5. The van der Waals surface area contributed by atoms with Gasteiger partial charge in [-0.25, -0.2) is 4.98 Å². The summed E-state index contributed by atoms with van der Waals surface area (Å²) in [6, 6.07) is 23.3. The molecular formula is C42H59N5O3S. The van der Waals surface area contributed by atoms with Crippen molar-refractivity contribution in [2.24, 2.45) is 22.2 Å². The van der Waals surface area contributed by atoms with E-state index in [1.807, 2.05) is 87.6 Å². The molecule has 0 saturated heterocycles. The van der Waals surface area contributed by atoms with E-state index in [1.54, 1.807) is 6.92 Å². The second kappa shape index (κ2) is 22.6. The minimum absolute atomic E-state index is 0.160. The molecule has 276 valence electrons. The molecule has 3 heterocycles. The molecule has 6 rings (SSSR count). The Morgan fingerprint density at radius 3 is 2.22 bits per heavy atom. The molecule has 0 spiro atoms. The molecule has 9 heteroatoms. The van der Waals surface area contributed by atoms with Gasteiger partial charge in [-0.1, -0.05) is 109 Å². The number of hydrogen-bond acceptors (Lipinski definition) is 8. The minimum Gasteiger partial charge on any atom is -0.361 e. The minimum atomic E-state index is -0.160. The highest BCUT2D eigenvalue weighted by Crippen LogP contribution is 2.38. The van der Waals surface area contributed by atoms with E-state index in [9.17, 15) is 9.59 Å². The third kappa shape index (κ3) is 13.8. The van der Waals surface area contributed by atoms with Crippen LogP contribution in [0.1, 0.15) is 101 Å². The molecule has 4 N–H and O–H groups in total. The molecular weight excluding hydrogens is 655 g/mol. The lowest BCUT2D eigenvalue weighted by molar-refractivity contribution is -0.113. The number of carbonyl (C=O) groups excluding carboxylic acids is 2. The number of hydrogen-bond donors (Lipinski definition) is 3. The van der Waals surface area contributed by atoms with Gasteiger partial charge in [0.1, 0.15) is 10.6 Å². The third-order valence-electron chi connectivity index (χ3n) is 8.10. The zero-order valence-electron chi connectivity index (χ0n) is 32.1. The highest BCUT2D eigenvalue weighted by atomic mass is 32.1. The Hall–Kier alpha value is -4.18. The number of aromatic nitrogens is 1. The van der Waals surface area contributed by atoms with Crippen molar-refractivity contribution in [1.29, 1.82) is 0 Å². The van der Waals surface area contributed by atoms with Gasteiger partial charge in [-0.15, -0.1) is 11.3 Å². The molecule has 2 aliphatic rings. The van der Waals surface area contributed by atoms with E-state index in [0.717, 1.165) is 70.2 Å². The Morgan fingerprint density at radius 1 is 1.04 bits per heavy atom. The summed E-state index contributed by atoms with van der Waals surface area (Å²) in [5.41, 5.74) is 11.1. The first-order valence-corrected chi connectivity index (χ1v) is 18.9. The van der Waals surface area contributed by atoms with E-state index in [1.165, 1.54) is 35.4 Å². The number of para-hydroxylation sites is 1. The fourth-order valence-electron chi connectivity index (χ4n) is 5.34. The van der Waals surface area contributed by atoms with Crippen LogP contribution in [0, 0.1) is 11.3 Å². The van der Waals surface area contributed by atoms with Crippen molar-refractivity contribution >= 4 is 45.1 Å². The van der Waals surface area contributed by atoms with Crippen LogP contribution in [-0.2, 0) is 22.5 Å². The number of anilines is 1. The monoisotopic (exact) mass is 713 g/mol. The van der Waals surface area contributed by atoms with E-state index in [-0.39, 0.29) is 5.91 Å². The highest BCUT2D eigenvalue weighted by Gasteiger charge is 2.29. The van der Waals surface area contributed by atoms with Crippen LogP contribution in [0.3, 0.4) is 0 Å². The SMILES string of the molecule is CC.CC(C)(C)C1CCc2nc3sc(C=O)cc3cc2C1.CC1=C(C(=O)Nc2ccccc2)CC(c2ccccc2)=NO1.CCC.CNCCN. The molecule has 0 radical (unpaired) electrons. The molecule has 1 atom stereocenters. The van der Waals surface area contributed by atoms with Crippen molar-refractivity contribution in [3.63, 3.8) is 0 Å². The van der Waals surface area contributed by atoms with Crippen LogP contribution in [0.4, 0.5) is 5.69 Å². The van der Waals surface area contributed by atoms with Crippen molar-refractivity contribution in [3.8, 4) is 0 Å². The Labute approximate surface area is 310 Å². The maximum Gasteiger partial charge on any atom is 0.255 e.